The fraction of sp³-hybridized carbons (Fsp3) is 0.111. The number of carbonyl (C=O) groups excluding carboxylic acids is 2. The number of benzene rings is 3. The number of carbonyl (C=O) groups is 2. The summed E-state index contributed by atoms with van der Waals surface area (Å²) in [6, 6.07) is 15.9. The van der Waals surface area contributed by atoms with Crippen LogP contribution >= 0.6 is 23.5 Å². The molecule has 0 aromatic heterocycles. The van der Waals surface area contributed by atoms with Gasteiger partial charge in [0.25, 0.3) is 0 Å². The van der Waals surface area contributed by atoms with Crippen LogP contribution in [0.15, 0.2) is 58.3 Å². The van der Waals surface area contributed by atoms with Crippen molar-refractivity contribution in [2.45, 2.75) is 23.6 Å². The topological polar surface area (TPSA) is 34.1 Å². The van der Waals surface area contributed by atoms with Crippen molar-refractivity contribution in [3.8, 4) is 0 Å². The minimum absolute atomic E-state index is 0.0577. The SMILES string of the molecule is CC(=O)Sc1c2ccccc2c(SC(C)=O)c2ccccc12. The van der Waals surface area contributed by atoms with E-state index in [0.717, 1.165) is 31.3 Å². The first kappa shape index (κ1) is 15.1. The van der Waals surface area contributed by atoms with Crippen LogP contribution in [0, 0.1) is 0 Å². The standard InChI is InChI=1S/C18H14O2S2/c1-11(19)21-17-13-7-3-5-9-15(13)18(22-12(2)20)16-10-6-4-8-14(16)17/h3-10H,1-2H3. The minimum atomic E-state index is 0.0577. The Balaban J connectivity index is 2.47. The maximum absolute atomic E-state index is 11.7. The van der Waals surface area contributed by atoms with Crippen LogP contribution in [0.4, 0.5) is 0 Å². The normalized spacial score (nSPS) is 11.0. The van der Waals surface area contributed by atoms with Gasteiger partial charge < -0.3 is 0 Å². The molecule has 0 saturated heterocycles. The Bertz CT molecular complexity index is 769. The quantitative estimate of drug-likeness (QED) is 0.474. The molecule has 0 atom stereocenters. The van der Waals surface area contributed by atoms with Gasteiger partial charge in [0.15, 0.2) is 10.2 Å². The highest BCUT2D eigenvalue weighted by Crippen LogP contribution is 2.42. The summed E-state index contributed by atoms with van der Waals surface area (Å²) in [6.45, 7) is 3.15. The lowest BCUT2D eigenvalue weighted by atomic mass is 10.0. The Hall–Kier alpha value is -1.78. The summed E-state index contributed by atoms with van der Waals surface area (Å²) >= 11 is 2.50. The molecule has 3 rings (SSSR count). The summed E-state index contributed by atoms with van der Waals surface area (Å²) in [4.78, 5) is 25.3. The zero-order valence-corrected chi connectivity index (χ0v) is 13.9. The Labute approximate surface area is 137 Å². The molecule has 0 radical (unpaired) electrons. The van der Waals surface area contributed by atoms with E-state index in [2.05, 4.69) is 0 Å². The average molecular weight is 326 g/mol. The lowest BCUT2D eigenvalue weighted by molar-refractivity contribution is -0.109. The van der Waals surface area contributed by atoms with Crippen LogP contribution in [0.1, 0.15) is 13.8 Å². The lowest BCUT2D eigenvalue weighted by Gasteiger charge is -2.14. The summed E-state index contributed by atoms with van der Waals surface area (Å²) in [5, 5.41) is 4.19. The van der Waals surface area contributed by atoms with Crippen LogP contribution in [-0.4, -0.2) is 10.2 Å². The van der Waals surface area contributed by atoms with Crippen LogP contribution in [0.3, 0.4) is 0 Å². The molecule has 0 fully saturated rings. The molecule has 22 heavy (non-hydrogen) atoms. The predicted octanol–water partition coefficient (Wildman–Crippen LogP) is 5.27. The molecular formula is C18H14O2S2. The molecule has 0 N–H and O–H groups in total. The van der Waals surface area contributed by atoms with Crippen LogP contribution in [0.25, 0.3) is 21.5 Å². The van der Waals surface area contributed by atoms with E-state index >= 15 is 0 Å². The summed E-state index contributed by atoms with van der Waals surface area (Å²) < 4.78 is 0. The zero-order chi connectivity index (χ0) is 15.7. The monoisotopic (exact) mass is 326 g/mol. The van der Waals surface area contributed by atoms with Crippen molar-refractivity contribution in [1.82, 2.24) is 0 Å². The van der Waals surface area contributed by atoms with Gasteiger partial charge in [0.05, 0.1) is 0 Å². The van der Waals surface area contributed by atoms with Gasteiger partial charge in [-0.15, -0.1) is 0 Å². The average Bonchev–Trinajstić information content (AvgIpc) is 2.50. The van der Waals surface area contributed by atoms with E-state index in [9.17, 15) is 9.59 Å². The Morgan fingerprint density at radius 1 is 0.636 bits per heavy atom. The largest absolute Gasteiger partial charge is 0.287 e. The molecule has 3 aromatic rings. The molecule has 0 aliphatic rings. The van der Waals surface area contributed by atoms with Crippen LogP contribution in [-0.2, 0) is 9.59 Å². The van der Waals surface area contributed by atoms with Gasteiger partial charge in [-0.3, -0.25) is 9.59 Å². The molecule has 110 valence electrons. The van der Waals surface area contributed by atoms with Crippen LogP contribution in [0.5, 0.6) is 0 Å². The van der Waals surface area contributed by atoms with Crippen LogP contribution < -0.4 is 0 Å². The first-order valence-electron chi connectivity index (χ1n) is 6.88. The molecule has 0 saturated carbocycles. The van der Waals surface area contributed by atoms with E-state index in [1.807, 2.05) is 48.5 Å². The van der Waals surface area contributed by atoms with E-state index in [4.69, 9.17) is 0 Å². The first-order chi connectivity index (χ1) is 10.6. The van der Waals surface area contributed by atoms with E-state index in [-0.39, 0.29) is 10.2 Å². The molecule has 0 amide bonds. The fourth-order valence-electron chi connectivity index (χ4n) is 2.56. The molecule has 0 aliphatic heterocycles. The molecule has 3 aromatic carbocycles. The summed E-state index contributed by atoms with van der Waals surface area (Å²) in [5.41, 5.74) is 0. The maximum Gasteiger partial charge on any atom is 0.190 e. The third kappa shape index (κ3) is 2.76. The van der Waals surface area contributed by atoms with Crippen LogP contribution in [0.2, 0.25) is 0 Å². The van der Waals surface area contributed by atoms with Gasteiger partial charge >= 0.3 is 0 Å². The van der Waals surface area contributed by atoms with Crippen molar-refractivity contribution in [2.24, 2.45) is 0 Å². The molecule has 0 spiro atoms. The highest BCUT2D eigenvalue weighted by atomic mass is 32.2. The Morgan fingerprint density at radius 3 is 1.14 bits per heavy atom. The second kappa shape index (κ2) is 6.15. The molecule has 0 bridgehead atoms. The van der Waals surface area contributed by atoms with Crippen molar-refractivity contribution >= 4 is 55.3 Å². The van der Waals surface area contributed by atoms with E-state index in [1.54, 1.807) is 13.8 Å². The Kier molecular flexibility index (Phi) is 4.23. The Morgan fingerprint density at radius 2 is 0.909 bits per heavy atom. The van der Waals surface area contributed by atoms with Gasteiger partial charge in [0.2, 0.25) is 0 Å². The molecule has 0 aliphatic carbocycles. The van der Waals surface area contributed by atoms with E-state index in [1.165, 1.54) is 23.5 Å². The van der Waals surface area contributed by atoms with Gasteiger partial charge in [-0.2, -0.15) is 0 Å². The highest BCUT2D eigenvalue weighted by molar-refractivity contribution is 8.14. The second-order valence-electron chi connectivity index (χ2n) is 4.94. The molecule has 0 unspecified atom stereocenters. The van der Waals surface area contributed by atoms with Gasteiger partial charge in [0.1, 0.15) is 0 Å². The second-order valence-corrected chi connectivity index (χ2v) is 7.31. The number of rotatable bonds is 2. The van der Waals surface area contributed by atoms with E-state index in [0.29, 0.717) is 0 Å². The van der Waals surface area contributed by atoms with Gasteiger partial charge in [-0.25, -0.2) is 0 Å². The van der Waals surface area contributed by atoms with Gasteiger partial charge in [-0.05, 0) is 21.5 Å². The third-order valence-corrected chi connectivity index (χ3v) is 5.19. The molecule has 4 heteroatoms. The van der Waals surface area contributed by atoms with Gasteiger partial charge in [0, 0.05) is 23.6 Å². The summed E-state index contributed by atoms with van der Waals surface area (Å²) in [7, 11) is 0. The smallest absolute Gasteiger partial charge is 0.190 e. The first-order valence-corrected chi connectivity index (χ1v) is 8.51. The minimum Gasteiger partial charge on any atom is -0.287 e. The van der Waals surface area contributed by atoms with E-state index < -0.39 is 0 Å². The number of fused-ring (bicyclic) bond motifs is 2. The number of hydrogen-bond donors (Lipinski definition) is 0. The van der Waals surface area contributed by atoms with Gasteiger partial charge in [-0.1, -0.05) is 72.1 Å². The fourth-order valence-corrected chi connectivity index (χ4v) is 4.28. The molecule has 0 heterocycles. The third-order valence-electron chi connectivity index (χ3n) is 3.32. The highest BCUT2D eigenvalue weighted by Gasteiger charge is 2.16. The summed E-state index contributed by atoms with van der Waals surface area (Å²) in [6.07, 6.45) is 0. The zero-order valence-electron chi connectivity index (χ0n) is 12.3. The maximum atomic E-state index is 11.7. The summed E-state index contributed by atoms with van der Waals surface area (Å²) in [5.74, 6) is 0. The van der Waals surface area contributed by atoms with Crippen molar-refractivity contribution in [3.05, 3.63) is 48.5 Å². The predicted molar refractivity (Wildman–Crippen MR) is 94.5 cm³/mol. The number of thioether (sulfide) groups is 2. The molecule has 2 nitrogen and oxygen atoms in total. The van der Waals surface area contributed by atoms with Crippen molar-refractivity contribution in [2.75, 3.05) is 0 Å². The lowest BCUT2D eigenvalue weighted by Crippen LogP contribution is -1.91. The van der Waals surface area contributed by atoms with Crippen molar-refractivity contribution in [1.29, 1.82) is 0 Å². The van der Waals surface area contributed by atoms with Crippen molar-refractivity contribution < 1.29 is 9.59 Å². The number of hydrogen-bond acceptors (Lipinski definition) is 4. The molecular weight excluding hydrogens is 312 g/mol. The van der Waals surface area contributed by atoms with Crippen molar-refractivity contribution in [3.63, 3.8) is 0 Å².